The summed E-state index contributed by atoms with van der Waals surface area (Å²) >= 11 is 16.2. The average molecular weight is 318 g/mol. The van der Waals surface area contributed by atoms with Crippen LogP contribution in [-0.4, -0.2) is 29.2 Å². The summed E-state index contributed by atoms with van der Waals surface area (Å²) in [6, 6.07) is 8.61. The third-order valence-corrected chi connectivity index (χ3v) is 4.37. The Morgan fingerprint density at radius 2 is 1.71 bits per heavy atom. The fourth-order valence-electron chi connectivity index (χ4n) is 1.22. The second-order valence-electron chi connectivity index (χ2n) is 3.60. The van der Waals surface area contributed by atoms with Crippen LogP contribution in [0.25, 0.3) is 0 Å². The lowest BCUT2D eigenvalue weighted by molar-refractivity contribution is 0.201. The molecule has 96 valence electrons. The lowest BCUT2D eigenvalue weighted by atomic mass is 10.2. The van der Waals surface area contributed by atoms with Crippen molar-refractivity contribution in [3.8, 4) is 0 Å². The maximum absolute atomic E-state index is 11.7. The molecule has 1 aromatic carbocycles. The molecule has 0 aliphatic carbocycles. The van der Waals surface area contributed by atoms with Gasteiger partial charge in [0.05, 0.1) is 11.5 Å². The molecule has 1 aromatic rings. The van der Waals surface area contributed by atoms with Crippen molar-refractivity contribution in [3.05, 3.63) is 35.9 Å². The highest BCUT2D eigenvalue weighted by Crippen LogP contribution is 2.31. The lowest BCUT2D eigenvalue weighted by Crippen LogP contribution is -2.33. The number of rotatable bonds is 4. The summed E-state index contributed by atoms with van der Waals surface area (Å²) in [5.74, 6) is -0.774. The highest BCUT2D eigenvalue weighted by molar-refractivity contribution is 7.90. The molecule has 1 rings (SSSR count). The van der Waals surface area contributed by atoms with Crippen LogP contribution in [0.5, 0.6) is 0 Å². The summed E-state index contributed by atoms with van der Waals surface area (Å²) in [4.78, 5) is 0. The third-order valence-electron chi connectivity index (χ3n) is 2.02. The smallest absolute Gasteiger partial charge is 0.217 e. The zero-order chi connectivity index (χ0) is 13.1. The van der Waals surface area contributed by atoms with Crippen LogP contribution in [0.2, 0.25) is 0 Å². The molecule has 1 unspecified atom stereocenters. The van der Waals surface area contributed by atoms with E-state index in [1.807, 2.05) is 0 Å². The van der Waals surface area contributed by atoms with Gasteiger partial charge in [0.2, 0.25) is 3.79 Å². The highest BCUT2D eigenvalue weighted by Gasteiger charge is 2.34. The number of hydrogen-bond acceptors (Lipinski definition) is 3. The van der Waals surface area contributed by atoms with Gasteiger partial charge in [0.1, 0.15) is 6.10 Å². The number of hydrogen-bond donors (Lipinski definition) is 1. The van der Waals surface area contributed by atoms with Crippen LogP contribution in [0.15, 0.2) is 30.3 Å². The summed E-state index contributed by atoms with van der Waals surface area (Å²) in [6.45, 7) is 0. The molecule has 0 saturated carbocycles. The molecule has 0 aliphatic heterocycles. The Hall–Kier alpha value is -0.000000000000000111. The van der Waals surface area contributed by atoms with E-state index in [1.54, 1.807) is 30.3 Å². The summed E-state index contributed by atoms with van der Waals surface area (Å²) < 4.78 is 21.4. The van der Waals surface area contributed by atoms with Crippen LogP contribution in [0.3, 0.4) is 0 Å². The van der Waals surface area contributed by atoms with E-state index in [1.165, 1.54) is 0 Å². The molecule has 0 radical (unpaired) electrons. The number of aliphatic hydroxyl groups excluding tert-OH is 1. The Morgan fingerprint density at radius 3 is 2.18 bits per heavy atom. The van der Waals surface area contributed by atoms with Gasteiger partial charge in [0, 0.05) is 0 Å². The molecule has 0 amide bonds. The van der Waals surface area contributed by atoms with Crippen molar-refractivity contribution < 1.29 is 13.5 Å². The molecule has 0 spiro atoms. The summed E-state index contributed by atoms with van der Waals surface area (Å²) in [5, 5.41) is 9.42. The maximum atomic E-state index is 11.7. The predicted molar refractivity (Wildman–Crippen MR) is 70.2 cm³/mol. The third kappa shape index (κ3) is 5.44. The predicted octanol–water partition coefficient (Wildman–Crippen LogP) is 2.33. The van der Waals surface area contributed by atoms with E-state index in [0.29, 0.717) is 5.56 Å². The van der Waals surface area contributed by atoms with Gasteiger partial charge in [0.25, 0.3) is 0 Å². The first-order valence-electron chi connectivity index (χ1n) is 4.70. The molecule has 17 heavy (non-hydrogen) atoms. The first-order valence-corrected chi connectivity index (χ1v) is 7.65. The van der Waals surface area contributed by atoms with Gasteiger partial charge in [-0.15, -0.1) is 0 Å². The number of alkyl halides is 3. The van der Waals surface area contributed by atoms with Crippen molar-refractivity contribution in [1.29, 1.82) is 0 Å². The zero-order valence-electron chi connectivity index (χ0n) is 8.68. The van der Waals surface area contributed by atoms with Crippen molar-refractivity contribution in [2.75, 3.05) is 5.75 Å². The molecule has 0 fully saturated rings. The molecular formula is C10H11Cl3O3S. The minimum Gasteiger partial charge on any atom is -0.388 e. The Bertz CT molecular complexity index is 453. The van der Waals surface area contributed by atoms with E-state index in [9.17, 15) is 13.5 Å². The van der Waals surface area contributed by atoms with Crippen LogP contribution in [-0.2, 0) is 15.6 Å². The van der Waals surface area contributed by atoms with Gasteiger partial charge in [0.15, 0.2) is 9.84 Å². The Labute approximate surface area is 115 Å². The monoisotopic (exact) mass is 316 g/mol. The van der Waals surface area contributed by atoms with Crippen molar-refractivity contribution >= 4 is 44.6 Å². The van der Waals surface area contributed by atoms with Crippen LogP contribution >= 0.6 is 34.8 Å². The van der Waals surface area contributed by atoms with E-state index < -0.39 is 25.5 Å². The summed E-state index contributed by atoms with van der Waals surface area (Å²) in [7, 11) is -3.52. The van der Waals surface area contributed by atoms with E-state index in [-0.39, 0.29) is 5.75 Å². The fourth-order valence-corrected chi connectivity index (χ4v) is 3.28. The van der Waals surface area contributed by atoms with Crippen LogP contribution < -0.4 is 0 Å². The molecule has 1 N–H and O–H groups in total. The number of sulfone groups is 1. The second-order valence-corrected chi connectivity index (χ2v) is 8.08. The van der Waals surface area contributed by atoms with Crippen molar-refractivity contribution in [2.45, 2.75) is 15.6 Å². The van der Waals surface area contributed by atoms with E-state index in [0.717, 1.165) is 0 Å². The largest absolute Gasteiger partial charge is 0.388 e. The molecule has 0 heterocycles. The number of halogens is 3. The van der Waals surface area contributed by atoms with Gasteiger partial charge < -0.3 is 5.11 Å². The minimum atomic E-state index is -3.52. The lowest BCUT2D eigenvalue weighted by Gasteiger charge is -2.18. The normalized spacial score (nSPS) is 14.6. The Balaban J connectivity index is 2.71. The first-order chi connectivity index (χ1) is 7.71. The van der Waals surface area contributed by atoms with Gasteiger partial charge in [-0.05, 0) is 5.56 Å². The molecular weight excluding hydrogens is 307 g/mol. The van der Waals surface area contributed by atoms with Crippen LogP contribution in [0, 0.1) is 0 Å². The minimum absolute atomic E-state index is 0.189. The molecule has 0 aromatic heterocycles. The number of benzene rings is 1. The summed E-state index contributed by atoms with van der Waals surface area (Å²) in [5.41, 5.74) is 0.629. The second kappa shape index (κ2) is 5.76. The van der Waals surface area contributed by atoms with Crippen molar-refractivity contribution in [1.82, 2.24) is 0 Å². The molecule has 0 saturated heterocycles. The molecule has 0 bridgehead atoms. The number of aliphatic hydroxyl groups is 1. The van der Waals surface area contributed by atoms with E-state index >= 15 is 0 Å². The fraction of sp³-hybridized carbons (Fsp3) is 0.400. The molecule has 0 aliphatic rings. The summed E-state index contributed by atoms with van der Waals surface area (Å²) in [6.07, 6.45) is -1.54. The van der Waals surface area contributed by atoms with Crippen LogP contribution in [0.4, 0.5) is 0 Å². The maximum Gasteiger partial charge on any atom is 0.217 e. The zero-order valence-corrected chi connectivity index (χ0v) is 11.8. The van der Waals surface area contributed by atoms with Gasteiger partial charge in [-0.2, -0.15) is 0 Å². The van der Waals surface area contributed by atoms with Gasteiger partial charge in [-0.25, -0.2) is 8.42 Å². The highest BCUT2D eigenvalue weighted by atomic mass is 35.6. The molecule has 1 atom stereocenters. The molecule has 7 heteroatoms. The average Bonchev–Trinajstić information content (AvgIpc) is 2.16. The first kappa shape index (κ1) is 15.1. The van der Waals surface area contributed by atoms with Crippen LogP contribution in [0.1, 0.15) is 5.56 Å². The van der Waals surface area contributed by atoms with Gasteiger partial charge in [-0.3, -0.25) is 0 Å². The van der Waals surface area contributed by atoms with E-state index in [2.05, 4.69) is 0 Å². The van der Waals surface area contributed by atoms with E-state index in [4.69, 9.17) is 34.8 Å². The standard InChI is InChI=1S/C10H11Cl3O3S/c11-10(12,13)9(14)7-17(15,16)6-8-4-2-1-3-5-8/h1-5,9,14H,6-7H2. The molecule has 3 nitrogen and oxygen atoms in total. The van der Waals surface area contributed by atoms with Gasteiger partial charge >= 0.3 is 0 Å². The van der Waals surface area contributed by atoms with Crippen molar-refractivity contribution in [3.63, 3.8) is 0 Å². The van der Waals surface area contributed by atoms with Gasteiger partial charge in [-0.1, -0.05) is 65.1 Å². The Morgan fingerprint density at radius 1 is 1.18 bits per heavy atom. The quantitative estimate of drug-likeness (QED) is 0.867. The SMILES string of the molecule is O=S(=O)(Cc1ccccc1)CC(O)C(Cl)(Cl)Cl. The van der Waals surface area contributed by atoms with Crippen molar-refractivity contribution in [2.24, 2.45) is 0 Å². The topological polar surface area (TPSA) is 54.4 Å². The Kier molecular flexibility index (Phi) is 5.10.